The highest BCUT2D eigenvalue weighted by atomic mass is 35.5. The van der Waals surface area contributed by atoms with Gasteiger partial charge in [0, 0.05) is 130 Å². The Labute approximate surface area is 526 Å². The molecule has 2 aliphatic heterocycles. The van der Waals surface area contributed by atoms with Gasteiger partial charge < -0.3 is 30.4 Å². The number of nitrogens with one attached hydrogen (secondary N) is 1. The monoisotopic (exact) mass is 1270 g/mol. The predicted molar refractivity (Wildman–Crippen MR) is 345 cm³/mol. The van der Waals surface area contributed by atoms with Crippen LogP contribution in [0.4, 0.5) is 8.78 Å². The van der Waals surface area contributed by atoms with Crippen molar-refractivity contribution in [3.8, 4) is 0 Å². The minimum Gasteiger partial charge on any atom is -0.358 e. The third kappa shape index (κ3) is 14.5. The first-order valence-electron chi connectivity index (χ1n) is 28.8. The summed E-state index contributed by atoms with van der Waals surface area (Å²) < 4.78 is 45.3. The molecule has 10 rings (SSSR count). The van der Waals surface area contributed by atoms with Crippen LogP contribution in [0.1, 0.15) is 91.6 Å². The molecule has 4 amide bonds. The van der Waals surface area contributed by atoms with Crippen LogP contribution in [0, 0.1) is 25.5 Å². The lowest BCUT2D eigenvalue weighted by Crippen LogP contribution is -2.57. The van der Waals surface area contributed by atoms with Crippen LogP contribution in [0.5, 0.6) is 0 Å². The smallest absolute Gasteiger partial charge is 0.294 e. The van der Waals surface area contributed by atoms with E-state index in [2.05, 4.69) is 21.7 Å². The van der Waals surface area contributed by atoms with Crippen LogP contribution in [0.2, 0.25) is 10.0 Å². The summed E-state index contributed by atoms with van der Waals surface area (Å²) in [5, 5.41) is 2.60. The number of nitrogens with zero attached hydrogens (tertiary/aromatic N) is 7. The molecule has 89 heavy (non-hydrogen) atoms. The van der Waals surface area contributed by atoms with Crippen LogP contribution in [0.15, 0.2) is 133 Å². The normalized spacial score (nSPS) is 17.1. The maximum absolute atomic E-state index is 13.7. The van der Waals surface area contributed by atoms with Crippen molar-refractivity contribution in [3.63, 3.8) is 0 Å². The Hall–Kier alpha value is -8.07. The Morgan fingerprint density at radius 1 is 0.584 bits per heavy atom. The summed E-state index contributed by atoms with van der Waals surface area (Å²) in [5.74, 6) is 7.71. The number of hydrogen-bond donors (Lipinski definition) is 3. The predicted octanol–water partition coefficient (Wildman–Crippen LogP) is 9.54. The molecule has 2 aromatic heterocycles. The second-order valence-corrected chi connectivity index (χ2v) is 26.2. The van der Waals surface area contributed by atoms with E-state index in [1.807, 2.05) is 57.2 Å². The number of aromatic amines is 1. The number of carbonyl (C=O) groups excluding carboxylic acids is 6. The number of amides is 4. The Morgan fingerprint density at radius 3 is 1.40 bits per heavy atom. The van der Waals surface area contributed by atoms with Crippen LogP contribution < -0.4 is 22.3 Å². The Kier molecular flexibility index (Phi) is 21.2. The molecule has 8 aromatic rings. The van der Waals surface area contributed by atoms with E-state index in [0.29, 0.717) is 88.6 Å². The highest BCUT2D eigenvalue weighted by Crippen LogP contribution is 2.42. The van der Waals surface area contributed by atoms with Gasteiger partial charge in [0.2, 0.25) is 0 Å². The van der Waals surface area contributed by atoms with E-state index in [4.69, 9.17) is 39.6 Å². The number of Topliss-reactive ketones (excluding diaryl/α,β-unsaturated/α-hetero) is 2. The fourth-order valence-corrected chi connectivity index (χ4v) is 13.4. The van der Waals surface area contributed by atoms with Crippen molar-refractivity contribution in [1.29, 1.82) is 0 Å². The van der Waals surface area contributed by atoms with Crippen LogP contribution >= 0.6 is 30.6 Å². The average molecular weight is 1270 g/mol. The fraction of sp³-hybridized carbons (Fsp3) is 0.303. The van der Waals surface area contributed by atoms with E-state index in [1.165, 1.54) is 66.9 Å². The van der Waals surface area contributed by atoms with Gasteiger partial charge in [-0.25, -0.2) is 19.3 Å². The van der Waals surface area contributed by atoms with Gasteiger partial charge in [-0.05, 0) is 125 Å². The van der Waals surface area contributed by atoms with E-state index in [0.717, 1.165) is 11.1 Å². The molecule has 4 heterocycles. The first kappa shape index (κ1) is 66.9. The summed E-state index contributed by atoms with van der Waals surface area (Å²) in [6.45, 7) is 15.0. The molecule has 0 unspecified atom stereocenters. The lowest BCUT2D eigenvalue weighted by molar-refractivity contribution is -0.124. The second-order valence-electron chi connectivity index (χ2n) is 23.0. The van der Waals surface area contributed by atoms with Gasteiger partial charge in [0.25, 0.3) is 42.6 Å². The van der Waals surface area contributed by atoms with Crippen molar-refractivity contribution in [2.75, 3.05) is 60.2 Å². The van der Waals surface area contributed by atoms with Crippen LogP contribution in [0.3, 0.4) is 0 Å². The van der Waals surface area contributed by atoms with Gasteiger partial charge in [0.05, 0.1) is 37.8 Å². The number of aromatic nitrogens is 2. The molecule has 5 N–H and O–H groups in total. The quantitative estimate of drug-likeness (QED) is 0.0323. The van der Waals surface area contributed by atoms with Crippen molar-refractivity contribution in [2.24, 2.45) is 5.90 Å². The number of hydrogen-bond acceptors (Lipinski definition) is 12. The second kappa shape index (κ2) is 28.2. The topological polar surface area (TPSA) is 221 Å². The first-order chi connectivity index (χ1) is 42.1. The molecule has 0 radical (unpaired) electrons. The number of fused-ring (bicyclic) bond motifs is 2. The molecule has 0 bridgehead atoms. The van der Waals surface area contributed by atoms with Gasteiger partial charge in [-0.1, -0.05) is 83.9 Å². The number of ketones is 2. The molecule has 0 aliphatic carbocycles. The maximum atomic E-state index is 13.7. The van der Waals surface area contributed by atoms with E-state index in [9.17, 15) is 42.1 Å². The number of nitrogens with two attached hydrogens (primary N) is 2. The molecule has 6 aromatic carbocycles. The van der Waals surface area contributed by atoms with Crippen molar-refractivity contribution in [3.05, 3.63) is 200 Å². The molecule has 0 saturated carbocycles. The summed E-state index contributed by atoms with van der Waals surface area (Å²) in [5.41, 5.74) is 4.96. The molecule has 23 heteroatoms. The van der Waals surface area contributed by atoms with Gasteiger partial charge in [0.1, 0.15) is 11.6 Å². The number of carbonyl (C=O) groups is 6. The largest absolute Gasteiger partial charge is 0.358 e. The number of halogens is 4. The first-order valence-corrected chi connectivity index (χ1v) is 31.2. The third-order valence-corrected chi connectivity index (χ3v) is 19.1. The number of likely N-dealkylation sites (N-methyl/N-ethyl adjacent to an activating group) is 2. The van der Waals surface area contributed by atoms with Gasteiger partial charge in [-0.15, -0.1) is 0 Å². The summed E-state index contributed by atoms with van der Waals surface area (Å²) in [6, 6.07) is 37.1. The van der Waals surface area contributed by atoms with Crippen molar-refractivity contribution in [2.45, 2.75) is 78.8 Å². The zero-order chi connectivity index (χ0) is 64.9. The number of aryl methyl sites for hydroxylation is 1. The van der Waals surface area contributed by atoms with Crippen molar-refractivity contribution >= 4 is 98.2 Å². The molecule has 468 valence electrons. The summed E-state index contributed by atoms with van der Waals surface area (Å²) in [6.07, 6.45) is 0. The molecule has 0 spiro atoms. The highest BCUT2D eigenvalue weighted by molar-refractivity contribution is 7.74. The number of nitrogen functional groups attached to an aromatic ring is 1. The molecule has 2 aliphatic rings. The SMILES string of the molecule is Cc1[nH]c2cc(Cl)c(C(=O)N3C[C@H](C)N(Cc4ccc(F)cc4)C[C@H]3C)cc2c1C(=O)C(=O)N(C)C.Cc1c(C(=O)C(=O)N(C)C)c2cc(C(=O)N3C[C@H](C)N(Cc4ccc(F)cc4)C[C@H]3C)c(Cl)cc2n1N.NOP(=O)(c1ccccc1)c1ccccc1. The highest BCUT2D eigenvalue weighted by Gasteiger charge is 2.37. The number of benzene rings is 6. The molecular formula is C66H73Cl2F2N10O8P. The van der Waals surface area contributed by atoms with Gasteiger partial charge in [-0.2, -0.15) is 0 Å². The number of piperazine rings is 2. The molecule has 2 fully saturated rings. The minimum atomic E-state index is -3.13. The average Bonchev–Trinajstić information content (AvgIpc) is 1.68. The van der Waals surface area contributed by atoms with Crippen molar-refractivity contribution < 1.29 is 46.7 Å². The van der Waals surface area contributed by atoms with Gasteiger partial charge >= 0.3 is 0 Å². The third-order valence-electron chi connectivity index (χ3n) is 16.2. The Bertz CT molecular complexity index is 3960. The minimum absolute atomic E-state index is 0.0509. The zero-order valence-corrected chi connectivity index (χ0v) is 53.7. The summed E-state index contributed by atoms with van der Waals surface area (Å²) >= 11 is 13.1. The number of H-pyrrole nitrogens is 1. The van der Waals surface area contributed by atoms with Crippen molar-refractivity contribution in [1.82, 2.24) is 39.1 Å². The summed E-state index contributed by atoms with van der Waals surface area (Å²) in [7, 11) is 2.92. The molecular weight excluding hydrogens is 1200 g/mol. The van der Waals surface area contributed by atoms with E-state index < -0.39 is 30.7 Å². The van der Waals surface area contributed by atoms with Crippen LogP contribution in [-0.2, 0) is 31.9 Å². The number of rotatable bonds is 13. The fourth-order valence-electron chi connectivity index (χ4n) is 11.2. The van der Waals surface area contributed by atoms with E-state index in [-0.39, 0.29) is 74.4 Å². The van der Waals surface area contributed by atoms with Crippen LogP contribution in [0.25, 0.3) is 21.8 Å². The molecule has 2 saturated heterocycles. The molecule has 18 nitrogen and oxygen atoms in total. The van der Waals surface area contributed by atoms with E-state index in [1.54, 1.807) is 96.4 Å². The van der Waals surface area contributed by atoms with E-state index >= 15 is 0 Å². The lowest BCUT2D eigenvalue weighted by atomic mass is 10.0. The Morgan fingerprint density at radius 2 is 0.989 bits per heavy atom. The van der Waals surface area contributed by atoms with Crippen LogP contribution in [-0.4, -0.2) is 153 Å². The standard InChI is InChI=1S/C27H31ClFN5O3.C27H30ClFN4O3.C12H12NO2P/c1-15-13-33(16(2)12-32(15)14-18-6-8-19(29)9-7-18)26(36)20-10-21-23(11-22(20)28)34(30)17(3)24(21)25(35)27(37)31(4)5;1-15-13-33(16(2)12-32(15)14-18-6-8-19(29)9-7-18)26(35)20-10-21-23(11-22(20)28)30-17(3)24(21)25(34)27(36)31(4)5;13-15-16(14,11-7-3-1-4-8-11)12-9-5-2-6-10-12/h6-11,15-16H,12-14,30H2,1-5H3;6-11,15-16,30H,12-14H2,1-5H3;1-10H,13H2/t2*15-,16+;/m00./s1. The lowest BCUT2D eigenvalue weighted by Gasteiger charge is -2.44. The van der Waals surface area contributed by atoms with Gasteiger partial charge in [0.15, 0.2) is 0 Å². The zero-order valence-electron chi connectivity index (χ0n) is 51.3. The van der Waals surface area contributed by atoms with Gasteiger partial charge in [-0.3, -0.25) is 47.8 Å². The summed E-state index contributed by atoms with van der Waals surface area (Å²) in [4.78, 5) is 91.7. The maximum Gasteiger partial charge on any atom is 0.294 e. The molecule has 4 atom stereocenters. The Balaban J connectivity index is 0.000000185.